The van der Waals surface area contributed by atoms with Crippen LogP contribution in [0.4, 0.5) is 32.0 Å². The minimum absolute atomic E-state index is 0.0219. The van der Waals surface area contributed by atoms with Gasteiger partial charge in [0.05, 0.1) is 30.5 Å². The van der Waals surface area contributed by atoms with Gasteiger partial charge in [-0.05, 0) is 37.5 Å². The molecule has 0 saturated carbocycles. The van der Waals surface area contributed by atoms with Crippen molar-refractivity contribution in [3.05, 3.63) is 76.1 Å². The summed E-state index contributed by atoms with van der Waals surface area (Å²) in [5.74, 6) is -1.89. The molecule has 0 unspecified atom stereocenters. The van der Waals surface area contributed by atoms with E-state index in [2.05, 4.69) is 4.98 Å². The van der Waals surface area contributed by atoms with Gasteiger partial charge in [0.15, 0.2) is 0 Å². The van der Waals surface area contributed by atoms with Crippen LogP contribution in [0.1, 0.15) is 46.5 Å². The Bertz CT molecular complexity index is 1780. The molecule has 0 bridgehead atoms. The summed E-state index contributed by atoms with van der Waals surface area (Å²) >= 11 is 0.384. The number of rotatable bonds is 7. The van der Waals surface area contributed by atoms with E-state index in [9.17, 15) is 41.0 Å². The van der Waals surface area contributed by atoms with E-state index in [1.807, 2.05) is 17.0 Å². The number of anilines is 1. The summed E-state index contributed by atoms with van der Waals surface area (Å²) in [6.07, 6.45) is -5.08. The van der Waals surface area contributed by atoms with Crippen LogP contribution in [-0.4, -0.2) is 95.9 Å². The number of carbonyl (C=O) groups excluding carboxylic acids is 2. The molecule has 3 aromatic rings. The van der Waals surface area contributed by atoms with Gasteiger partial charge in [-0.25, -0.2) is 4.98 Å². The molecule has 3 aliphatic rings. The topological polar surface area (TPSA) is 105 Å². The first-order valence-corrected chi connectivity index (χ1v) is 17.6. The van der Waals surface area contributed by atoms with Crippen molar-refractivity contribution in [2.24, 2.45) is 0 Å². The maximum Gasteiger partial charge on any atom is 0.425 e. The molecule has 0 aliphatic carbocycles. The first-order valence-electron chi connectivity index (χ1n) is 16.7. The normalized spacial score (nSPS) is 22.1. The lowest BCUT2D eigenvalue weighted by Gasteiger charge is -2.50. The summed E-state index contributed by atoms with van der Waals surface area (Å²) in [5.41, 5.74) is -3.30. The van der Waals surface area contributed by atoms with E-state index in [-0.39, 0.29) is 70.9 Å². The number of aromatic nitrogens is 1. The van der Waals surface area contributed by atoms with Gasteiger partial charge < -0.3 is 34.0 Å². The summed E-state index contributed by atoms with van der Waals surface area (Å²) in [5, 5.41) is 10.4. The van der Waals surface area contributed by atoms with Gasteiger partial charge in [0.2, 0.25) is 11.5 Å². The van der Waals surface area contributed by atoms with Crippen molar-refractivity contribution < 1.29 is 55.2 Å². The molecule has 1 aromatic carbocycles. The number of halogens is 6. The van der Waals surface area contributed by atoms with Gasteiger partial charge in [0.25, 0.3) is 11.8 Å². The number of hydrogen-bond acceptors (Lipinski definition) is 9. The van der Waals surface area contributed by atoms with Gasteiger partial charge in [-0.15, -0.1) is 11.3 Å². The average Bonchev–Trinajstić information content (AvgIpc) is 3.60. The number of nitrogens with zero attached hydrogens (tertiary/aromatic N) is 4. The second-order valence-corrected chi connectivity index (χ2v) is 13.4. The van der Waals surface area contributed by atoms with Crippen molar-refractivity contribution in [3.63, 3.8) is 0 Å². The number of piperidine rings is 1. The smallest absolute Gasteiger partial charge is 0.425 e. The van der Waals surface area contributed by atoms with Crippen molar-refractivity contribution in [1.29, 1.82) is 0 Å². The van der Waals surface area contributed by atoms with Crippen molar-refractivity contribution in [1.82, 2.24) is 14.8 Å². The Balaban J connectivity index is 1.39. The van der Waals surface area contributed by atoms with Crippen LogP contribution >= 0.6 is 11.3 Å². The van der Waals surface area contributed by atoms with Crippen LogP contribution < -0.4 is 19.1 Å². The van der Waals surface area contributed by atoms with Gasteiger partial charge in [-0.1, -0.05) is 24.3 Å². The number of piperazine rings is 1. The number of fused-ring (bicyclic) bond motifs is 2. The molecule has 0 spiro atoms. The van der Waals surface area contributed by atoms with Gasteiger partial charge in [0, 0.05) is 56.8 Å². The number of para-hydroxylation sites is 2. The number of amides is 2. The van der Waals surface area contributed by atoms with E-state index >= 15 is 0 Å². The van der Waals surface area contributed by atoms with E-state index in [0.717, 1.165) is 28.2 Å². The van der Waals surface area contributed by atoms with E-state index in [0.29, 0.717) is 36.2 Å². The van der Waals surface area contributed by atoms with E-state index in [1.54, 1.807) is 24.3 Å². The van der Waals surface area contributed by atoms with Crippen LogP contribution in [0.3, 0.4) is 0 Å². The van der Waals surface area contributed by atoms with Crippen LogP contribution in [0.2, 0.25) is 0 Å². The molecular weight excluding hydrogens is 718 g/mol. The Labute approximate surface area is 299 Å². The Kier molecular flexibility index (Phi) is 10.9. The molecule has 52 heavy (non-hydrogen) atoms. The largest absolute Gasteiger partial charge is 0.489 e. The van der Waals surface area contributed by atoms with Crippen LogP contribution in [-0.2, 0) is 17.1 Å². The molecule has 17 heteroatoms. The molecule has 2 aromatic heterocycles. The lowest BCUT2D eigenvalue weighted by atomic mass is 9.80. The van der Waals surface area contributed by atoms with Crippen LogP contribution in [0.5, 0.6) is 17.4 Å². The van der Waals surface area contributed by atoms with Gasteiger partial charge >= 0.3 is 12.4 Å². The summed E-state index contributed by atoms with van der Waals surface area (Å²) in [6, 6.07) is 7.46. The highest BCUT2D eigenvalue weighted by Gasteiger charge is 2.56. The van der Waals surface area contributed by atoms with Crippen molar-refractivity contribution in [3.8, 4) is 17.4 Å². The monoisotopic (exact) mass is 754 g/mol. The number of pyridine rings is 1. The number of aliphatic hydroxyl groups excluding tert-OH is 1. The zero-order valence-electron chi connectivity index (χ0n) is 27.8. The number of carbonyl (C=O) groups is 2. The third kappa shape index (κ3) is 7.65. The minimum Gasteiger partial charge on any atom is -0.489 e. The molecule has 2 atom stereocenters. The first-order chi connectivity index (χ1) is 24.8. The van der Waals surface area contributed by atoms with E-state index in [1.165, 1.54) is 4.90 Å². The average molecular weight is 755 g/mol. The maximum absolute atomic E-state index is 14.9. The van der Waals surface area contributed by atoms with Crippen LogP contribution in [0, 0.1) is 0 Å². The summed E-state index contributed by atoms with van der Waals surface area (Å²) in [4.78, 5) is 36.9. The fourth-order valence-electron chi connectivity index (χ4n) is 6.91. The summed E-state index contributed by atoms with van der Waals surface area (Å²) < 4.78 is 102. The second kappa shape index (κ2) is 15.2. The third-order valence-electron chi connectivity index (χ3n) is 9.25. The molecule has 1 N–H and O–H groups in total. The Morgan fingerprint density at radius 1 is 1.04 bits per heavy atom. The quantitative estimate of drug-likeness (QED) is 0.230. The van der Waals surface area contributed by atoms with Crippen molar-refractivity contribution in [2.45, 2.75) is 49.7 Å². The van der Waals surface area contributed by atoms with E-state index in [4.69, 9.17) is 14.2 Å². The van der Waals surface area contributed by atoms with Gasteiger partial charge in [-0.2, -0.15) is 26.3 Å². The number of hydrogen-bond donors (Lipinski definition) is 1. The summed E-state index contributed by atoms with van der Waals surface area (Å²) in [6.45, 7) is 0.732. The molecule has 6 rings (SSSR count). The lowest BCUT2D eigenvalue weighted by Crippen LogP contribution is -2.69. The molecule has 5 heterocycles. The predicted molar refractivity (Wildman–Crippen MR) is 178 cm³/mol. The maximum atomic E-state index is 14.9. The minimum atomic E-state index is -4.95. The first kappa shape index (κ1) is 37.3. The third-order valence-corrected chi connectivity index (χ3v) is 10.2. The molecule has 2 amide bonds. The van der Waals surface area contributed by atoms with Crippen LogP contribution in [0.15, 0.2) is 60.1 Å². The zero-order valence-corrected chi connectivity index (χ0v) is 28.6. The van der Waals surface area contributed by atoms with Crippen LogP contribution in [0.25, 0.3) is 0 Å². The standard InChI is InChI=1S/C35H36F6N4O6S/c36-34(37,38)24-10-12-42-30-29(24)31(47)45-13-6-11-33(27(45)9-2-1-5-19-50-30,51-23-21-28(52-22-23)35(39,40)41)32(48)44-16-14-43(15-17-44)25-7-3-4-8-26(25)49-20-18-46/h1-4,7-8,10,12,21-22,27,46H,5-6,9,11,13-20H2/b2-1+/t27-,33+/m1/s1. The summed E-state index contributed by atoms with van der Waals surface area (Å²) in [7, 11) is 0. The molecule has 10 nitrogen and oxygen atoms in total. The molecular formula is C35H36F6N4O6S. The zero-order chi connectivity index (χ0) is 37.1. The van der Waals surface area contributed by atoms with E-state index < -0.39 is 57.7 Å². The fraction of sp³-hybridized carbons (Fsp3) is 0.457. The molecule has 2 saturated heterocycles. The fourth-order valence-corrected chi connectivity index (χ4v) is 7.59. The highest BCUT2D eigenvalue weighted by atomic mass is 32.1. The Morgan fingerprint density at radius 3 is 2.52 bits per heavy atom. The number of ether oxygens (including phenoxy) is 3. The molecule has 0 radical (unpaired) electrons. The number of thiophene rings is 1. The number of benzene rings is 1. The van der Waals surface area contributed by atoms with Gasteiger partial charge in [-0.3, -0.25) is 9.59 Å². The highest BCUT2D eigenvalue weighted by Crippen LogP contribution is 2.44. The second-order valence-electron chi connectivity index (χ2n) is 12.5. The SMILES string of the molecule is O=C1c2c(C(F)(F)F)ccnc2OCC/C=C/C[C@H]2N1CCC[C@@]2(Oc1csc(C(F)(F)F)c1)C(=O)N1CCN(c2ccccc2OCCO)CC1. The van der Waals surface area contributed by atoms with Gasteiger partial charge in [0.1, 0.15) is 28.5 Å². The Morgan fingerprint density at radius 2 is 1.81 bits per heavy atom. The Hall–Kier alpha value is -4.51. The molecule has 2 fully saturated rings. The van der Waals surface area contributed by atoms with Crippen molar-refractivity contribution in [2.75, 3.05) is 57.4 Å². The number of aliphatic hydroxyl groups is 1. The number of alkyl halides is 6. The highest BCUT2D eigenvalue weighted by molar-refractivity contribution is 7.10. The molecule has 3 aliphatic heterocycles. The molecule has 280 valence electrons. The predicted octanol–water partition coefficient (Wildman–Crippen LogP) is 6.05. The lowest BCUT2D eigenvalue weighted by molar-refractivity contribution is -0.159. The van der Waals surface area contributed by atoms with Crippen molar-refractivity contribution >= 4 is 28.8 Å².